The molecule has 0 radical (unpaired) electrons. The van der Waals surface area contributed by atoms with E-state index in [-0.39, 0.29) is 5.37 Å². The highest BCUT2D eigenvalue weighted by Gasteiger charge is 2.15. The van der Waals surface area contributed by atoms with Crippen LogP contribution in [0.5, 0.6) is 0 Å². The number of hydrogen-bond donors (Lipinski definition) is 0. The van der Waals surface area contributed by atoms with Crippen LogP contribution in [0.15, 0.2) is 0 Å². The summed E-state index contributed by atoms with van der Waals surface area (Å²) in [6.45, 7) is 0.734. The number of piperidine rings is 1. The monoisotopic (exact) mass is 224 g/mol. The average Bonchev–Trinajstić information content (AvgIpc) is 2.09. The highest BCUT2D eigenvalue weighted by Crippen LogP contribution is 2.35. The molecule has 1 aliphatic rings. The third-order valence-electron chi connectivity index (χ3n) is 1.75. The summed E-state index contributed by atoms with van der Waals surface area (Å²) in [7, 11) is 3.54. The average molecular weight is 224 g/mol. The van der Waals surface area contributed by atoms with Crippen molar-refractivity contribution < 1.29 is 0 Å². The summed E-state index contributed by atoms with van der Waals surface area (Å²) in [5.41, 5.74) is 0. The summed E-state index contributed by atoms with van der Waals surface area (Å²) in [4.78, 5) is 0. The fourth-order valence-corrected chi connectivity index (χ4v) is 4.77. The van der Waals surface area contributed by atoms with Crippen LogP contribution < -0.4 is 0 Å². The van der Waals surface area contributed by atoms with E-state index in [0.717, 1.165) is 24.5 Å². The van der Waals surface area contributed by atoms with Crippen LogP contribution in [0, 0.1) is 5.21 Å². The summed E-state index contributed by atoms with van der Waals surface area (Å²) < 4.78 is 0. The van der Waals surface area contributed by atoms with Crippen molar-refractivity contribution >= 4 is 33.3 Å². The highest BCUT2D eigenvalue weighted by molar-refractivity contribution is 8.78. The summed E-state index contributed by atoms with van der Waals surface area (Å²) in [6, 6.07) is 0. The highest BCUT2D eigenvalue weighted by atomic mass is 33.1. The summed E-state index contributed by atoms with van der Waals surface area (Å²) in [5.74, 6) is 0. The molecule has 0 spiro atoms. The van der Waals surface area contributed by atoms with E-state index in [1.165, 1.54) is 11.5 Å². The van der Waals surface area contributed by atoms with Crippen molar-refractivity contribution in [1.29, 1.82) is 0 Å². The van der Waals surface area contributed by atoms with Gasteiger partial charge in [0.05, 0.1) is 5.37 Å². The Hall–Kier alpha value is 0.970. The van der Waals surface area contributed by atoms with Gasteiger partial charge in [0.2, 0.25) is 0 Å². The van der Waals surface area contributed by atoms with E-state index in [9.17, 15) is 5.21 Å². The lowest BCUT2D eigenvalue weighted by atomic mass is 10.2. The van der Waals surface area contributed by atoms with Crippen LogP contribution >= 0.6 is 33.3 Å². The van der Waals surface area contributed by atoms with Gasteiger partial charge in [-0.25, -0.2) is 0 Å². The molecule has 0 aromatic heterocycles. The molecule has 0 aromatic rings. The Balaban J connectivity index is 2.11. The molecular formula is C7H14NOS3-. The molecule has 2 nitrogen and oxygen atoms in total. The van der Waals surface area contributed by atoms with E-state index >= 15 is 0 Å². The van der Waals surface area contributed by atoms with Crippen LogP contribution in [-0.2, 0) is 0 Å². The van der Waals surface area contributed by atoms with E-state index in [0.29, 0.717) is 0 Å². The predicted octanol–water partition coefficient (Wildman–Crippen LogP) is 3.00. The second kappa shape index (κ2) is 6.43. The van der Waals surface area contributed by atoms with Gasteiger partial charge in [-0.2, -0.15) is 11.8 Å². The molecule has 0 amide bonds. The van der Waals surface area contributed by atoms with Gasteiger partial charge in [-0.1, -0.05) is 21.6 Å². The Morgan fingerprint density at radius 3 is 3.00 bits per heavy atom. The van der Waals surface area contributed by atoms with Gasteiger partial charge in [0.25, 0.3) is 0 Å². The molecule has 72 valence electrons. The van der Waals surface area contributed by atoms with Crippen molar-refractivity contribution in [3.8, 4) is 0 Å². The van der Waals surface area contributed by atoms with Crippen LogP contribution in [0.4, 0.5) is 0 Å². The number of hydroxylamine groups is 2. The Morgan fingerprint density at radius 2 is 2.33 bits per heavy atom. The maximum atomic E-state index is 11.3. The summed E-state index contributed by atoms with van der Waals surface area (Å²) in [6.07, 6.45) is 5.45. The minimum absolute atomic E-state index is 0.218. The molecule has 0 saturated carbocycles. The lowest BCUT2D eigenvalue weighted by molar-refractivity contribution is 0.285. The zero-order chi connectivity index (χ0) is 8.81. The van der Waals surface area contributed by atoms with Crippen molar-refractivity contribution in [2.75, 3.05) is 17.9 Å². The lowest BCUT2D eigenvalue weighted by Crippen LogP contribution is -2.31. The second-order valence-corrected chi connectivity index (χ2v) is 6.49. The van der Waals surface area contributed by atoms with Gasteiger partial charge in [-0.05, 0) is 32.1 Å². The molecule has 0 aromatic carbocycles. The van der Waals surface area contributed by atoms with Gasteiger partial charge in [-0.15, -0.1) is 0 Å². The first-order valence-corrected chi connectivity index (χ1v) is 7.83. The summed E-state index contributed by atoms with van der Waals surface area (Å²) >= 11 is 1.81. The van der Waals surface area contributed by atoms with E-state index in [2.05, 4.69) is 6.26 Å². The number of thioether (sulfide) groups is 1. The normalized spacial score (nSPS) is 26.0. The Labute approximate surface area is 86.2 Å². The van der Waals surface area contributed by atoms with Gasteiger partial charge in [0, 0.05) is 5.08 Å². The molecule has 1 aliphatic heterocycles. The Bertz CT molecular complexity index is 125. The first-order valence-electron chi connectivity index (χ1n) is 4.05. The minimum Gasteiger partial charge on any atom is -0.784 e. The smallest absolute Gasteiger partial charge is 0.0548 e. The SMILES string of the molecule is CSCSSC1CCCCN1[O-]. The maximum Gasteiger partial charge on any atom is 0.0548 e. The number of rotatable bonds is 4. The number of hydrogen-bond acceptors (Lipinski definition) is 5. The molecule has 1 fully saturated rings. The molecule has 0 bridgehead atoms. The standard InChI is InChI=1S/C7H14NOS3/c1-10-6-11-12-7-4-2-3-5-8(7)9/h7H,2-6H2,1H3/q-1. The van der Waals surface area contributed by atoms with Gasteiger partial charge in [0.1, 0.15) is 0 Å². The molecule has 1 unspecified atom stereocenters. The number of nitrogens with zero attached hydrogens (tertiary/aromatic N) is 1. The van der Waals surface area contributed by atoms with Crippen LogP contribution in [-0.4, -0.2) is 28.3 Å². The maximum absolute atomic E-state index is 11.3. The Kier molecular flexibility index (Phi) is 5.92. The van der Waals surface area contributed by atoms with Crippen LogP contribution in [0.2, 0.25) is 0 Å². The minimum atomic E-state index is 0.218. The topological polar surface area (TPSA) is 26.3 Å². The van der Waals surface area contributed by atoms with E-state index in [1.54, 1.807) is 21.6 Å². The van der Waals surface area contributed by atoms with Gasteiger partial charge in [0.15, 0.2) is 0 Å². The predicted molar refractivity (Wildman–Crippen MR) is 61.3 cm³/mol. The third kappa shape index (κ3) is 3.79. The zero-order valence-electron chi connectivity index (χ0n) is 7.19. The molecule has 1 heterocycles. The largest absolute Gasteiger partial charge is 0.784 e. The molecule has 0 aliphatic carbocycles. The third-order valence-corrected chi connectivity index (χ3v) is 5.84. The van der Waals surface area contributed by atoms with Crippen molar-refractivity contribution in [2.45, 2.75) is 24.6 Å². The molecule has 1 saturated heterocycles. The fraction of sp³-hybridized carbons (Fsp3) is 1.00. The fourth-order valence-electron chi connectivity index (χ4n) is 1.13. The van der Waals surface area contributed by atoms with E-state index < -0.39 is 0 Å². The lowest BCUT2D eigenvalue weighted by Gasteiger charge is -2.39. The van der Waals surface area contributed by atoms with Crippen LogP contribution in [0.1, 0.15) is 19.3 Å². The van der Waals surface area contributed by atoms with Gasteiger partial charge in [-0.3, -0.25) is 0 Å². The molecule has 0 N–H and O–H groups in total. The van der Waals surface area contributed by atoms with Gasteiger partial charge < -0.3 is 10.3 Å². The second-order valence-electron chi connectivity index (χ2n) is 2.71. The molecular weight excluding hydrogens is 210 g/mol. The van der Waals surface area contributed by atoms with Gasteiger partial charge >= 0.3 is 0 Å². The van der Waals surface area contributed by atoms with Crippen molar-refractivity contribution in [3.63, 3.8) is 0 Å². The van der Waals surface area contributed by atoms with Crippen molar-refractivity contribution in [2.24, 2.45) is 0 Å². The molecule has 12 heavy (non-hydrogen) atoms. The van der Waals surface area contributed by atoms with Crippen LogP contribution in [0.25, 0.3) is 0 Å². The molecule has 1 atom stereocenters. The van der Waals surface area contributed by atoms with Crippen molar-refractivity contribution in [1.82, 2.24) is 5.06 Å². The van der Waals surface area contributed by atoms with Crippen LogP contribution in [0.3, 0.4) is 0 Å². The summed E-state index contributed by atoms with van der Waals surface area (Å²) in [5, 5.41) is 13.8. The molecule has 5 heteroatoms. The van der Waals surface area contributed by atoms with E-state index in [4.69, 9.17) is 0 Å². The van der Waals surface area contributed by atoms with Crippen molar-refractivity contribution in [3.05, 3.63) is 5.21 Å². The quantitative estimate of drug-likeness (QED) is 0.415. The Morgan fingerprint density at radius 1 is 1.50 bits per heavy atom. The van der Waals surface area contributed by atoms with E-state index in [1.807, 2.05) is 11.8 Å². The molecule has 1 rings (SSSR count). The first kappa shape index (κ1) is 11.0. The zero-order valence-corrected chi connectivity index (χ0v) is 9.64. The first-order chi connectivity index (χ1) is 5.84.